The number of rotatable bonds is 3. The van der Waals surface area contributed by atoms with E-state index >= 15 is 0 Å². The molecule has 0 aliphatic heterocycles. The van der Waals surface area contributed by atoms with E-state index in [-0.39, 0.29) is 0 Å². The fraction of sp³-hybridized carbons (Fsp3) is 0.625. The van der Waals surface area contributed by atoms with E-state index in [4.69, 9.17) is 0 Å². The molecule has 3 saturated carbocycles. The van der Waals surface area contributed by atoms with Gasteiger partial charge < -0.3 is 0 Å². The zero-order valence-electron chi connectivity index (χ0n) is 17.1. The van der Waals surface area contributed by atoms with Crippen molar-refractivity contribution in [3.05, 3.63) is 67.9 Å². The Hall–Kier alpha value is -2.37. The second kappa shape index (κ2) is 5.27. The Morgan fingerprint density at radius 3 is 1.03 bits per heavy atom. The zero-order chi connectivity index (χ0) is 20.3. The maximum absolute atomic E-state index is 13.9. The van der Waals surface area contributed by atoms with E-state index in [9.17, 15) is 14.4 Å². The number of fused-ring (bicyclic) bond motifs is 6. The highest BCUT2D eigenvalue weighted by molar-refractivity contribution is 5.25. The molecule has 30 heavy (non-hydrogen) atoms. The van der Waals surface area contributed by atoms with E-state index in [0.717, 1.165) is 57.8 Å². The third kappa shape index (κ3) is 1.89. The average molecular weight is 405 g/mol. The minimum Gasteiger partial charge on any atom is -0.247 e. The van der Waals surface area contributed by atoms with Crippen molar-refractivity contribution in [1.29, 1.82) is 0 Å². The van der Waals surface area contributed by atoms with Crippen molar-refractivity contribution in [3.63, 3.8) is 0 Å². The van der Waals surface area contributed by atoms with E-state index in [2.05, 4.69) is 36.5 Å². The third-order valence-electron chi connectivity index (χ3n) is 9.21. The summed E-state index contributed by atoms with van der Waals surface area (Å²) in [7, 11) is 0. The first kappa shape index (κ1) is 17.3. The molecule has 6 atom stereocenters. The van der Waals surface area contributed by atoms with Crippen LogP contribution in [-0.2, 0) is 16.6 Å². The first-order valence-electron chi connectivity index (χ1n) is 11.6. The van der Waals surface area contributed by atoms with Gasteiger partial charge in [-0.3, -0.25) is 0 Å². The summed E-state index contributed by atoms with van der Waals surface area (Å²) in [5, 5.41) is 0. The Morgan fingerprint density at radius 2 is 0.867 bits per heavy atom. The molecule has 6 aliphatic rings. The van der Waals surface area contributed by atoms with Crippen LogP contribution in [0.3, 0.4) is 0 Å². The first-order chi connectivity index (χ1) is 14.5. The SMILES string of the molecule is O=c1n(C23C=CC(CC2)C3)c(=O)n(C23C=CC(CC2)C3)c(=O)n1C12C=CC(CC1)C2. The van der Waals surface area contributed by atoms with Gasteiger partial charge in [0.25, 0.3) is 0 Å². The molecule has 0 aromatic carbocycles. The lowest BCUT2D eigenvalue weighted by molar-refractivity contribution is 0.238. The molecular formula is C24H27N3O3. The lowest BCUT2D eigenvalue weighted by atomic mass is 9.96. The lowest BCUT2D eigenvalue weighted by Gasteiger charge is -2.35. The molecule has 0 radical (unpaired) electrons. The van der Waals surface area contributed by atoms with E-state index in [0.29, 0.717) is 17.8 Å². The topological polar surface area (TPSA) is 66.0 Å². The van der Waals surface area contributed by atoms with Gasteiger partial charge >= 0.3 is 17.1 Å². The highest BCUT2D eigenvalue weighted by Gasteiger charge is 2.52. The Balaban J connectivity index is 1.58. The zero-order valence-corrected chi connectivity index (χ0v) is 17.1. The van der Waals surface area contributed by atoms with E-state index in [1.54, 1.807) is 0 Å². The molecule has 7 rings (SSSR count). The maximum atomic E-state index is 13.9. The van der Waals surface area contributed by atoms with Gasteiger partial charge in [0.05, 0.1) is 16.6 Å². The fourth-order valence-electron chi connectivity index (χ4n) is 7.69. The second-order valence-electron chi connectivity index (χ2n) is 10.8. The summed E-state index contributed by atoms with van der Waals surface area (Å²) in [4.78, 5) is 41.8. The molecule has 0 spiro atoms. The summed E-state index contributed by atoms with van der Waals surface area (Å²) in [6.07, 6.45) is 20.5. The molecule has 1 heterocycles. The Bertz CT molecular complexity index is 1060. The van der Waals surface area contributed by atoms with Crippen LogP contribution in [0, 0.1) is 17.8 Å². The van der Waals surface area contributed by atoms with Crippen molar-refractivity contribution in [3.8, 4) is 0 Å². The summed E-state index contributed by atoms with van der Waals surface area (Å²) in [6.45, 7) is 0. The maximum Gasteiger partial charge on any atom is 0.337 e. The quantitative estimate of drug-likeness (QED) is 0.725. The van der Waals surface area contributed by atoms with Crippen molar-refractivity contribution in [2.75, 3.05) is 0 Å². The van der Waals surface area contributed by atoms with Crippen LogP contribution in [0.2, 0.25) is 0 Å². The minimum absolute atomic E-state index is 0.395. The molecule has 0 saturated heterocycles. The minimum atomic E-state index is -0.566. The van der Waals surface area contributed by atoms with Gasteiger partial charge in [-0.1, -0.05) is 36.5 Å². The van der Waals surface area contributed by atoms with Crippen molar-refractivity contribution in [2.24, 2.45) is 17.8 Å². The van der Waals surface area contributed by atoms with Crippen LogP contribution in [0.25, 0.3) is 0 Å². The molecule has 6 nitrogen and oxygen atoms in total. The van der Waals surface area contributed by atoms with Gasteiger partial charge in [-0.25, -0.2) is 28.1 Å². The number of nitrogens with zero attached hydrogens (tertiary/aromatic N) is 3. The summed E-state index contributed by atoms with van der Waals surface area (Å²) in [5.41, 5.74) is -2.88. The van der Waals surface area contributed by atoms with Gasteiger partial charge in [-0.2, -0.15) is 0 Å². The lowest BCUT2D eigenvalue weighted by Crippen LogP contribution is -2.65. The Kier molecular flexibility index (Phi) is 3.04. The van der Waals surface area contributed by atoms with Gasteiger partial charge in [0.15, 0.2) is 0 Å². The van der Waals surface area contributed by atoms with Crippen LogP contribution in [-0.4, -0.2) is 13.7 Å². The van der Waals surface area contributed by atoms with Crippen molar-refractivity contribution < 1.29 is 0 Å². The molecule has 0 amide bonds. The number of aromatic nitrogens is 3. The third-order valence-corrected chi connectivity index (χ3v) is 9.21. The van der Waals surface area contributed by atoms with Gasteiger partial charge in [0.1, 0.15) is 0 Å². The van der Waals surface area contributed by atoms with E-state index < -0.39 is 33.7 Å². The van der Waals surface area contributed by atoms with Crippen LogP contribution in [0.4, 0.5) is 0 Å². The van der Waals surface area contributed by atoms with Gasteiger partial charge in [0, 0.05) is 0 Å². The first-order valence-corrected chi connectivity index (χ1v) is 11.6. The molecule has 3 fully saturated rings. The summed E-state index contributed by atoms with van der Waals surface area (Å²) in [5.74, 6) is 1.31. The molecule has 6 heteroatoms. The van der Waals surface area contributed by atoms with Gasteiger partial charge in [-0.15, -0.1) is 0 Å². The molecular weight excluding hydrogens is 378 g/mol. The second-order valence-corrected chi connectivity index (χ2v) is 10.8. The monoisotopic (exact) mass is 405 g/mol. The highest BCUT2D eigenvalue weighted by Crippen LogP contribution is 2.49. The van der Waals surface area contributed by atoms with Crippen molar-refractivity contribution in [1.82, 2.24) is 13.7 Å². The van der Waals surface area contributed by atoms with E-state index in [1.807, 2.05) is 0 Å². The normalized spacial score (nSPS) is 44.2. The molecule has 6 unspecified atom stereocenters. The van der Waals surface area contributed by atoms with Crippen LogP contribution in [0.5, 0.6) is 0 Å². The largest absolute Gasteiger partial charge is 0.337 e. The summed E-state index contributed by atoms with van der Waals surface area (Å²) < 4.78 is 4.46. The molecule has 156 valence electrons. The van der Waals surface area contributed by atoms with Crippen LogP contribution in [0.1, 0.15) is 57.8 Å². The van der Waals surface area contributed by atoms with Gasteiger partial charge in [0.2, 0.25) is 0 Å². The van der Waals surface area contributed by atoms with Crippen molar-refractivity contribution in [2.45, 2.75) is 74.4 Å². The van der Waals surface area contributed by atoms with Crippen LogP contribution < -0.4 is 17.1 Å². The molecule has 6 bridgehead atoms. The molecule has 1 aromatic rings. The predicted molar refractivity (Wildman–Crippen MR) is 113 cm³/mol. The number of hydrogen-bond acceptors (Lipinski definition) is 3. The van der Waals surface area contributed by atoms with Crippen LogP contribution >= 0.6 is 0 Å². The Morgan fingerprint density at radius 1 is 0.567 bits per heavy atom. The van der Waals surface area contributed by atoms with Gasteiger partial charge in [-0.05, 0) is 75.5 Å². The fourth-order valence-corrected chi connectivity index (χ4v) is 7.69. The molecule has 6 aliphatic carbocycles. The number of hydrogen-bond donors (Lipinski definition) is 0. The molecule has 0 N–H and O–H groups in total. The average Bonchev–Trinajstić information content (AvgIpc) is 3.55. The summed E-state index contributed by atoms with van der Waals surface area (Å²) >= 11 is 0. The number of allylic oxidation sites excluding steroid dienone is 6. The van der Waals surface area contributed by atoms with E-state index in [1.165, 1.54) is 13.7 Å². The summed E-state index contributed by atoms with van der Waals surface area (Å²) in [6, 6.07) is 0. The highest BCUT2D eigenvalue weighted by atomic mass is 16.2. The Labute approximate surface area is 174 Å². The van der Waals surface area contributed by atoms with Crippen LogP contribution in [0.15, 0.2) is 50.8 Å². The predicted octanol–water partition coefficient (Wildman–Crippen LogP) is 2.37. The smallest absolute Gasteiger partial charge is 0.247 e. The van der Waals surface area contributed by atoms with Crippen molar-refractivity contribution >= 4 is 0 Å². The standard InChI is InChI=1S/C24H27N3O3/c28-19-25(22-7-1-16(13-22)2-8-22)20(29)27(24-11-5-18(15-24)6-12-24)21(30)26(19)23-9-3-17(14-23)4-10-23/h1,3,5,7,9,11,16-18H,2,4,6,8,10,12-15H2. The molecule has 1 aromatic heterocycles.